The van der Waals surface area contributed by atoms with Gasteiger partial charge in [0.1, 0.15) is 0 Å². The number of aromatic nitrogens is 2. The summed E-state index contributed by atoms with van der Waals surface area (Å²) in [6.45, 7) is 3.11. The molecule has 0 aliphatic heterocycles. The van der Waals surface area contributed by atoms with Crippen molar-refractivity contribution in [2.24, 2.45) is 0 Å². The molecule has 3 rings (SSSR count). The molecule has 0 spiro atoms. The van der Waals surface area contributed by atoms with Gasteiger partial charge in [0.2, 0.25) is 11.7 Å². The van der Waals surface area contributed by atoms with E-state index in [1.165, 1.54) is 12.1 Å². The summed E-state index contributed by atoms with van der Waals surface area (Å²) in [6, 6.07) is 14.6. The Bertz CT molecular complexity index is 831. The fraction of sp³-hybridized carbons (Fsp3) is 0.222. The molecule has 0 saturated heterocycles. The molecular formula is C18H16F3N3O. The van der Waals surface area contributed by atoms with E-state index in [-0.39, 0.29) is 11.4 Å². The highest BCUT2D eigenvalue weighted by molar-refractivity contribution is 5.56. The van der Waals surface area contributed by atoms with E-state index in [4.69, 9.17) is 4.52 Å². The summed E-state index contributed by atoms with van der Waals surface area (Å²) in [5.74, 6) is 0.489. The van der Waals surface area contributed by atoms with E-state index in [0.29, 0.717) is 12.4 Å². The topological polar surface area (TPSA) is 42.2 Å². The maximum Gasteiger partial charge on any atom is 0.416 e. The van der Waals surface area contributed by atoms with E-state index < -0.39 is 11.7 Å². The molecule has 0 fully saturated rings. The van der Waals surface area contributed by atoms with Gasteiger partial charge in [-0.05, 0) is 31.2 Å². The second-order valence-corrected chi connectivity index (χ2v) is 5.44. The molecule has 4 nitrogen and oxygen atoms in total. The molecule has 25 heavy (non-hydrogen) atoms. The van der Waals surface area contributed by atoms with Crippen molar-refractivity contribution in [1.29, 1.82) is 0 Å². The van der Waals surface area contributed by atoms with Gasteiger partial charge in [0, 0.05) is 17.8 Å². The van der Waals surface area contributed by atoms with Crippen LogP contribution in [-0.4, -0.2) is 16.7 Å². The monoisotopic (exact) mass is 347 g/mol. The highest BCUT2D eigenvalue weighted by Crippen LogP contribution is 2.31. The Hall–Kier alpha value is -2.83. The van der Waals surface area contributed by atoms with E-state index >= 15 is 0 Å². The van der Waals surface area contributed by atoms with Gasteiger partial charge in [-0.1, -0.05) is 35.5 Å². The summed E-state index contributed by atoms with van der Waals surface area (Å²) in [5.41, 5.74) is 0.534. The van der Waals surface area contributed by atoms with Crippen LogP contribution >= 0.6 is 0 Å². The molecule has 0 atom stereocenters. The van der Waals surface area contributed by atoms with Crippen LogP contribution in [0.15, 0.2) is 59.1 Å². The molecule has 2 aromatic carbocycles. The molecule has 0 unspecified atom stereocenters. The SMILES string of the molecule is CCN(Cc1nc(-c2cccc(C(F)(F)F)c2)no1)c1ccccc1. The van der Waals surface area contributed by atoms with Crippen molar-refractivity contribution < 1.29 is 17.7 Å². The van der Waals surface area contributed by atoms with Crippen molar-refractivity contribution in [3.05, 3.63) is 66.1 Å². The van der Waals surface area contributed by atoms with E-state index in [2.05, 4.69) is 10.1 Å². The second kappa shape index (κ2) is 6.96. The van der Waals surface area contributed by atoms with Crippen molar-refractivity contribution in [1.82, 2.24) is 10.1 Å². The number of anilines is 1. The summed E-state index contributed by atoms with van der Waals surface area (Å²) in [5, 5.41) is 3.81. The fourth-order valence-electron chi connectivity index (χ4n) is 2.46. The lowest BCUT2D eigenvalue weighted by Gasteiger charge is -2.20. The first kappa shape index (κ1) is 17.0. The van der Waals surface area contributed by atoms with E-state index in [1.54, 1.807) is 0 Å². The minimum Gasteiger partial charge on any atom is -0.362 e. The van der Waals surface area contributed by atoms with Gasteiger partial charge in [0.05, 0.1) is 12.1 Å². The van der Waals surface area contributed by atoms with Crippen LogP contribution in [0.5, 0.6) is 0 Å². The summed E-state index contributed by atoms with van der Waals surface area (Å²) < 4.78 is 43.7. The van der Waals surface area contributed by atoms with Crippen molar-refractivity contribution in [2.45, 2.75) is 19.6 Å². The molecule has 130 valence electrons. The van der Waals surface area contributed by atoms with Crippen molar-refractivity contribution in [3.63, 3.8) is 0 Å². The Labute approximate surface area is 142 Å². The van der Waals surface area contributed by atoms with Crippen LogP contribution in [-0.2, 0) is 12.7 Å². The molecule has 0 saturated carbocycles. The average molecular weight is 347 g/mol. The average Bonchev–Trinajstić information content (AvgIpc) is 3.08. The van der Waals surface area contributed by atoms with Crippen LogP contribution in [0.3, 0.4) is 0 Å². The number of rotatable bonds is 5. The number of halogens is 3. The number of nitrogens with zero attached hydrogens (tertiary/aromatic N) is 3. The Morgan fingerprint density at radius 1 is 1.04 bits per heavy atom. The third-order valence-corrected chi connectivity index (χ3v) is 3.75. The molecule has 0 amide bonds. The molecule has 1 aromatic heterocycles. The highest BCUT2D eigenvalue weighted by atomic mass is 19.4. The van der Waals surface area contributed by atoms with Crippen LogP contribution in [0.4, 0.5) is 18.9 Å². The number of para-hydroxylation sites is 1. The fourth-order valence-corrected chi connectivity index (χ4v) is 2.46. The normalized spacial score (nSPS) is 11.5. The first-order chi connectivity index (χ1) is 12.0. The zero-order valence-electron chi connectivity index (χ0n) is 13.5. The van der Waals surface area contributed by atoms with Crippen molar-refractivity contribution in [3.8, 4) is 11.4 Å². The Kier molecular flexibility index (Phi) is 4.74. The maximum atomic E-state index is 12.8. The van der Waals surface area contributed by atoms with Crippen LogP contribution in [0, 0.1) is 0 Å². The van der Waals surface area contributed by atoms with Crippen LogP contribution in [0.1, 0.15) is 18.4 Å². The summed E-state index contributed by atoms with van der Waals surface area (Å²) in [7, 11) is 0. The van der Waals surface area contributed by atoms with Crippen LogP contribution in [0.2, 0.25) is 0 Å². The lowest BCUT2D eigenvalue weighted by Crippen LogP contribution is -2.22. The molecule has 0 aliphatic rings. The van der Waals surface area contributed by atoms with E-state index in [0.717, 1.165) is 24.4 Å². The number of hydrogen-bond donors (Lipinski definition) is 0. The summed E-state index contributed by atoms with van der Waals surface area (Å²) in [4.78, 5) is 6.26. The summed E-state index contributed by atoms with van der Waals surface area (Å²) >= 11 is 0. The summed E-state index contributed by atoms with van der Waals surface area (Å²) in [6.07, 6.45) is -4.41. The molecule has 3 aromatic rings. The first-order valence-electron chi connectivity index (χ1n) is 7.77. The molecule has 0 N–H and O–H groups in total. The zero-order chi connectivity index (χ0) is 17.9. The Morgan fingerprint density at radius 3 is 2.48 bits per heavy atom. The van der Waals surface area contributed by atoms with Crippen LogP contribution in [0.25, 0.3) is 11.4 Å². The largest absolute Gasteiger partial charge is 0.416 e. The Balaban J connectivity index is 1.81. The predicted molar refractivity (Wildman–Crippen MR) is 87.9 cm³/mol. The zero-order valence-corrected chi connectivity index (χ0v) is 13.5. The van der Waals surface area contributed by atoms with Gasteiger partial charge >= 0.3 is 6.18 Å². The van der Waals surface area contributed by atoms with Crippen LogP contribution < -0.4 is 4.90 Å². The lowest BCUT2D eigenvalue weighted by molar-refractivity contribution is -0.137. The van der Waals surface area contributed by atoms with E-state index in [1.807, 2.05) is 42.2 Å². The molecular weight excluding hydrogens is 331 g/mol. The molecule has 0 bridgehead atoms. The smallest absolute Gasteiger partial charge is 0.362 e. The molecule has 1 heterocycles. The first-order valence-corrected chi connectivity index (χ1v) is 7.77. The van der Waals surface area contributed by atoms with Gasteiger partial charge in [-0.3, -0.25) is 0 Å². The van der Waals surface area contributed by atoms with Gasteiger partial charge in [-0.15, -0.1) is 0 Å². The minimum atomic E-state index is -4.41. The molecule has 7 heteroatoms. The lowest BCUT2D eigenvalue weighted by atomic mass is 10.1. The van der Waals surface area contributed by atoms with E-state index in [9.17, 15) is 13.2 Å². The van der Waals surface area contributed by atoms with Gasteiger partial charge < -0.3 is 9.42 Å². The number of alkyl halides is 3. The number of benzene rings is 2. The van der Waals surface area contributed by atoms with Gasteiger partial charge in [0.15, 0.2) is 0 Å². The van der Waals surface area contributed by atoms with Crippen molar-refractivity contribution >= 4 is 5.69 Å². The minimum absolute atomic E-state index is 0.144. The second-order valence-electron chi connectivity index (χ2n) is 5.44. The maximum absolute atomic E-state index is 12.8. The van der Waals surface area contributed by atoms with Gasteiger partial charge in [0.25, 0.3) is 0 Å². The third-order valence-electron chi connectivity index (χ3n) is 3.75. The Morgan fingerprint density at radius 2 is 1.80 bits per heavy atom. The third kappa shape index (κ3) is 3.99. The molecule has 0 radical (unpaired) electrons. The predicted octanol–water partition coefficient (Wildman–Crippen LogP) is 4.78. The molecule has 0 aliphatic carbocycles. The highest BCUT2D eigenvalue weighted by Gasteiger charge is 2.30. The van der Waals surface area contributed by atoms with Gasteiger partial charge in [-0.2, -0.15) is 18.2 Å². The van der Waals surface area contributed by atoms with Crippen molar-refractivity contribution in [2.75, 3.05) is 11.4 Å². The standard InChI is InChI=1S/C18H16F3N3O/c1-2-24(15-9-4-3-5-10-15)12-16-22-17(23-25-16)13-7-6-8-14(11-13)18(19,20)21/h3-11H,2,12H2,1H3. The number of hydrogen-bond acceptors (Lipinski definition) is 4. The quantitative estimate of drug-likeness (QED) is 0.666. The van der Waals surface area contributed by atoms with Gasteiger partial charge in [-0.25, -0.2) is 0 Å².